The average Bonchev–Trinajstić information content (AvgIpc) is 2.54. The number of ether oxygens (including phenoxy) is 2. The van der Waals surface area contributed by atoms with Gasteiger partial charge >= 0.3 is 0 Å². The molecule has 1 aromatic carbocycles. The van der Waals surface area contributed by atoms with Gasteiger partial charge in [0.1, 0.15) is 0 Å². The summed E-state index contributed by atoms with van der Waals surface area (Å²) in [5.41, 5.74) is 2.91. The van der Waals surface area contributed by atoms with Crippen LogP contribution in [0.4, 0.5) is 0 Å². The lowest BCUT2D eigenvalue weighted by atomic mass is 9.59. The molecular formula is C18H19NO4. The fraction of sp³-hybridized carbons (Fsp3) is 0.389. The van der Waals surface area contributed by atoms with E-state index in [1.54, 1.807) is 19.3 Å². The van der Waals surface area contributed by atoms with Gasteiger partial charge in [-0.2, -0.15) is 0 Å². The molecule has 5 heteroatoms. The lowest BCUT2D eigenvalue weighted by Crippen LogP contribution is -2.53. The van der Waals surface area contributed by atoms with Crippen molar-refractivity contribution < 1.29 is 19.4 Å². The number of rotatable bonds is 2. The van der Waals surface area contributed by atoms with Crippen LogP contribution < -0.4 is 10.1 Å². The number of hydrogen-bond donors (Lipinski definition) is 2. The summed E-state index contributed by atoms with van der Waals surface area (Å²) in [6.45, 7) is 0.867. The maximum atomic E-state index is 12.2. The summed E-state index contributed by atoms with van der Waals surface area (Å²) in [5, 5.41) is 13.6. The van der Waals surface area contributed by atoms with Crippen molar-refractivity contribution in [1.82, 2.24) is 5.32 Å². The minimum atomic E-state index is -0.357. The molecule has 2 atom stereocenters. The molecule has 0 aromatic heterocycles. The second kappa shape index (κ2) is 4.86. The molecule has 120 valence electrons. The first-order valence-electron chi connectivity index (χ1n) is 7.76. The lowest BCUT2D eigenvalue weighted by Gasteiger charge is -2.49. The van der Waals surface area contributed by atoms with Crippen LogP contribution in [0.1, 0.15) is 17.5 Å². The number of methoxy groups -OCH3 is 2. The Bertz CT molecular complexity index is 765. The molecule has 1 aliphatic heterocycles. The summed E-state index contributed by atoms with van der Waals surface area (Å²) in [6, 6.07) is 3.80. The topological polar surface area (TPSA) is 67.8 Å². The molecule has 2 aliphatic carbocycles. The number of aromatic hydroxyl groups is 1. The Balaban J connectivity index is 1.99. The minimum absolute atomic E-state index is 0.0824. The van der Waals surface area contributed by atoms with Gasteiger partial charge in [-0.3, -0.25) is 4.79 Å². The predicted molar refractivity (Wildman–Crippen MR) is 84.6 cm³/mol. The number of piperidine rings is 1. The maximum absolute atomic E-state index is 12.2. The summed E-state index contributed by atoms with van der Waals surface area (Å²) in [4.78, 5) is 12.2. The molecule has 23 heavy (non-hydrogen) atoms. The number of phenols is 1. The molecule has 1 aromatic rings. The van der Waals surface area contributed by atoms with Gasteiger partial charge in [0.2, 0.25) is 5.78 Å². The summed E-state index contributed by atoms with van der Waals surface area (Å²) in [5.74, 6) is 0.907. The van der Waals surface area contributed by atoms with Gasteiger partial charge in [-0.25, -0.2) is 0 Å². The first kappa shape index (κ1) is 14.3. The fourth-order valence-electron chi connectivity index (χ4n) is 4.19. The van der Waals surface area contributed by atoms with Crippen LogP contribution in [-0.2, 0) is 21.4 Å². The molecule has 1 fully saturated rings. The van der Waals surface area contributed by atoms with Crippen molar-refractivity contribution in [1.29, 1.82) is 0 Å². The zero-order valence-electron chi connectivity index (χ0n) is 13.2. The number of carbonyl (C=O) groups excluding carboxylic acids is 1. The second-order valence-electron chi connectivity index (χ2n) is 6.29. The number of fused-ring (bicyclic) bond motifs is 1. The first-order valence-corrected chi connectivity index (χ1v) is 7.76. The first-order chi connectivity index (χ1) is 11.1. The third-order valence-corrected chi connectivity index (χ3v) is 5.24. The van der Waals surface area contributed by atoms with Crippen molar-refractivity contribution in [2.45, 2.75) is 24.3 Å². The van der Waals surface area contributed by atoms with Crippen molar-refractivity contribution in [2.24, 2.45) is 0 Å². The van der Waals surface area contributed by atoms with Gasteiger partial charge in [-0.15, -0.1) is 0 Å². The third-order valence-electron chi connectivity index (χ3n) is 5.24. The molecule has 4 rings (SSSR count). The van der Waals surface area contributed by atoms with E-state index >= 15 is 0 Å². The van der Waals surface area contributed by atoms with Crippen LogP contribution in [0.25, 0.3) is 0 Å². The van der Waals surface area contributed by atoms with Gasteiger partial charge in [0, 0.05) is 11.5 Å². The molecule has 0 saturated carbocycles. The van der Waals surface area contributed by atoms with E-state index in [9.17, 15) is 9.90 Å². The van der Waals surface area contributed by atoms with Crippen LogP contribution >= 0.6 is 0 Å². The standard InChI is InChI=1S/C18H19NO4/c1-22-16-8-11-10(6-14(16)20)5-13-12-7-15(21)17(23-2)9-18(11,12)3-4-19-13/h6-9,13,19-20H,3-5H2,1-2H3. The highest BCUT2D eigenvalue weighted by atomic mass is 16.5. The Hall–Kier alpha value is -2.27. The molecule has 0 radical (unpaired) electrons. The quantitative estimate of drug-likeness (QED) is 0.868. The zero-order chi connectivity index (χ0) is 16.2. The summed E-state index contributed by atoms with van der Waals surface area (Å²) < 4.78 is 10.6. The Morgan fingerprint density at radius 2 is 2.13 bits per heavy atom. The lowest BCUT2D eigenvalue weighted by molar-refractivity contribution is -0.114. The molecule has 2 bridgehead atoms. The SMILES string of the molecule is COC1=CC23CCNC(Cc4cc(O)c(OC)cc42)C3=CC1=O. The van der Waals surface area contributed by atoms with Gasteiger partial charge in [0.05, 0.1) is 14.2 Å². The van der Waals surface area contributed by atoms with Crippen LogP contribution in [0, 0.1) is 0 Å². The molecule has 0 spiro atoms. The van der Waals surface area contributed by atoms with Gasteiger partial charge in [-0.05, 0) is 60.4 Å². The van der Waals surface area contributed by atoms with Crippen LogP contribution in [-0.4, -0.2) is 37.7 Å². The summed E-state index contributed by atoms with van der Waals surface area (Å²) >= 11 is 0. The Morgan fingerprint density at radius 1 is 1.30 bits per heavy atom. The summed E-state index contributed by atoms with van der Waals surface area (Å²) in [7, 11) is 3.07. The van der Waals surface area contributed by atoms with E-state index in [1.807, 2.05) is 12.1 Å². The van der Waals surface area contributed by atoms with Crippen LogP contribution in [0.15, 0.2) is 35.6 Å². The highest BCUT2D eigenvalue weighted by Crippen LogP contribution is 2.51. The van der Waals surface area contributed by atoms with E-state index in [-0.39, 0.29) is 23.0 Å². The fourth-order valence-corrected chi connectivity index (χ4v) is 4.19. The molecule has 0 amide bonds. The number of benzene rings is 1. The predicted octanol–water partition coefficient (Wildman–Crippen LogP) is 1.60. The van der Waals surface area contributed by atoms with Crippen molar-refractivity contribution in [3.63, 3.8) is 0 Å². The molecular weight excluding hydrogens is 294 g/mol. The molecule has 5 nitrogen and oxygen atoms in total. The Morgan fingerprint density at radius 3 is 2.87 bits per heavy atom. The molecule has 3 aliphatic rings. The van der Waals surface area contributed by atoms with E-state index < -0.39 is 0 Å². The van der Waals surface area contributed by atoms with E-state index in [2.05, 4.69) is 5.32 Å². The zero-order valence-corrected chi connectivity index (χ0v) is 13.2. The molecule has 2 unspecified atom stereocenters. The normalized spacial score (nSPS) is 28.3. The van der Waals surface area contributed by atoms with Crippen molar-refractivity contribution in [3.8, 4) is 11.5 Å². The number of phenolic OH excluding ortho intramolecular Hbond substituents is 1. The summed E-state index contributed by atoms with van der Waals surface area (Å²) in [6.07, 6.45) is 5.27. The number of carbonyl (C=O) groups is 1. The monoisotopic (exact) mass is 313 g/mol. The van der Waals surface area contributed by atoms with Crippen LogP contribution in [0.2, 0.25) is 0 Å². The van der Waals surface area contributed by atoms with E-state index in [0.29, 0.717) is 11.5 Å². The highest BCUT2D eigenvalue weighted by molar-refractivity contribution is 6.05. The number of allylic oxidation sites excluding steroid dienone is 2. The third kappa shape index (κ3) is 1.86. The Labute approximate surface area is 134 Å². The van der Waals surface area contributed by atoms with Crippen molar-refractivity contribution >= 4 is 5.78 Å². The van der Waals surface area contributed by atoms with E-state index in [0.717, 1.165) is 36.1 Å². The van der Waals surface area contributed by atoms with Crippen molar-refractivity contribution in [3.05, 3.63) is 46.7 Å². The van der Waals surface area contributed by atoms with Gasteiger partial charge in [0.25, 0.3) is 0 Å². The van der Waals surface area contributed by atoms with Crippen molar-refractivity contribution in [2.75, 3.05) is 20.8 Å². The minimum Gasteiger partial charge on any atom is -0.504 e. The molecule has 1 saturated heterocycles. The van der Waals surface area contributed by atoms with Gasteiger partial charge in [-0.1, -0.05) is 0 Å². The van der Waals surface area contributed by atoms with Crippen LogP contribution in [0.5, 0.6) is 11.5 Å². The number of nitrogens with one attached hydrogen (secondary N) is 1. The maximum Gasteiger partial charge on any atom is 0.220 e. The molecule has 1 heterocycles. The van der Waals surface area contributed by atoms with Gasteiger partial charge in [0.15, 0.2) is 17.3 Å². The second-order valence-corrected chi connectivity index (χ2v) is 6.29. The van der Waals surface area contributed by atoms with Gasteiger partial charge < -0.3 is 19.9 Å². The number of hydrogen-bond acceptors (Lipinski definition) is 5. The highest BCUT2D eigenvalue weighted by Gasteiger charge is 2.49. The Kier molecular flexibility index (Phi) is 3.03. The largest absolute Gasteiger partial charge is 0.504 e. The molecule has 2 N–H and O–H groups in total. The average molecular weight is 313 g/mol. The van der Waals surface area contributed by atoms with E-state index in [4.69, 9.17) is 9.47 Å². The van der Waals surface area contributed by atoms with E-state index in [1.165, 1.54) is 7.11 Å². The smallest absolute Gasteiger partial charge is 0.220 e. The number of ketones is 1. The van der Waals surface area contributed by atoms with Crippen LogP contribution in [0.3, 0.4) is 0 Å².